The second-order valence-corrected chi connectivity index (χ2v) is 6.57. The van der Waals surface area contributed by atoms with Gasteiger partial charge in [0.05, 0.1) is 13.2 Å². The molecule has 0 aliphatic rings. The maximum absolute atomic E-state index is 12.6. The van der Waals surface area contributed by atoms with E-state index in [1.54, 1.807) is 24.3 Å². The predicted octanol–water partition coefficient (Wildman–Crippen LogP) is 4.88. The van der Waals surface area contributed by atoms with Crippen LogP contribution in [0.3, 0.4) is 0 Å². The second kappa shape index (κ2) is 9.57. The van der Waals surface area contributed by atoms with Crippen molar-refractivity contribution in [2.45, 2.75) is 13.2 Å². The van der Waals surface area contributed by atoms with Crippen LogP contribution in [0.5, 0.6) is 0 Å². The van der Waals surface area contributed by atoms with Gasteiger partial charge in [-0.1, -0.05) is 60.7 Å². The van der Waals surface area contributed by atoms with Gasteiger partial charge >= 0.3 is 13.3 Å². The summed E-state index contributed by atoms with van der Waals surface area (Å²) in [5, 5.41) is 0. The third-order valence-corrected chi connectivity index (χ3v) is 4.27. The van der Waals surface area contributed by atoms with E-state index in [2.05, 4.69) is 4.74 Å². The fourth-order valence-electron chi connectivity index (χ4n) is 1.70. The topological polar surface area (TPSA) is 71.1 Å². The van der Waals surface area contributed by atoms with Gasteiger partial charge in [-0.3, -0.25) is 9.05 Å². The third-order valence-electron chi connectivity index (χ3n) is 2.85. The molecule has 0 heterocycles. The van der Waals surface area contributed by atoms with Crippen LogP contribution in [-0.4, -0.2) is 12.2 Å². The van der Waals surface area contributed by atoms with Crippen LogP contribution in [0.15, 0.2) is 60.7 Å². The van der Waals surface area contributed by atoms with E-state index in [0.717, 1.165) is 11.1 Å². The monoisotopic (exact) mass is 370 g/mol. The number of halogens is 1. The molecule has 0 aromatic heterocycles. The maximum atomic E-state index is 12.6. The zero-order chi connectivity index (χ0) is 17.3. The van der Waals surface area contributed by atoms with E-state index in [1.165, 1.54) is 0 Å². The van der Waals surface area contributed by atoms with Crippen molar-refractivity contribution in [3.8, 4) is 0 Å². The Labute approximate surface area is 144 Å². The molecular weight excluding hydrogens is 355 g/mol. The van der Waals surface area contributed by atoms with Gasteiger partial charge in [-0.25, -0.2) is 13.9 Å². The first kappa shape index (κ1) is 18.6. The average Bonchev–Trinajstić information content (AvgIpc) is 2.60. The van der Waals surface area contributed by atoms with Gasteiger partial charge in [-0.05, 0) is 11.1 Å². The molecule has 0 amide bonds. The van der Waals surface area contributed by atoms with Gasteiger partial charge in [-0.15, -0.1) is 0 Å². The van der Waals surface area contributed by atoms with Gasteiger partial charge < -0.3 is 4.74 Å². The zero-order valence-corrected chi connectivity index (χ0v) is 14.3. The Morgan fingerprint density at radius 3 is 1.71 bits per heavy atom. The Bertz CT molecular complexity index is 632. The normalized spacial score (nSPS) is 11.2. The molecule has 0 aliphatic carbocycles. The smallest absolute Gasteiger partial charge is 0.426 e. The van der Waals surface area contributed by atoms with Crippen molar-refractivity contribution >= 4 is 24.9 Å². The minimum atomic E-state index is -3.94. The molecule has 0 fully saturated rings. The van der Waals surface area contributed by atoms with E-state index < -0.39 is 20.0 Å². The van der Waals surface area contributed by atoms with Crippen LogP contribution in [0.4, 0.5) is 4.79 Å². The maximum Gasteiger partial charge on any atom is 0.478 e. The van der Waals surface area contributed by atoms with Crippen LogP contribution in [0, 0.1) is 0 Å². The second-order valence-electron chi connectivity index (χ2n) is 4.59. The van der Waals surface area contributed by atoms with Crippen molar-refractivity contribution in [3.63, 3.8) is 0 Å². The summed E-state index contributed by atoms with van der Waals surface area (Å²) in [5.74, 6) is 0. The number of carbonyl (C=O) groups excluding carboxylic acids is 1. The minimum Gasteiger partial charge on any atom is -0.426 e. The molecule has 0 N–H and O–H groups in total. The predicted molar refractivity (Wildman–Crippen MR) is 88.4 cm³/mol. The first-order valence-corrected chi connectivity index (χ1v) is 8.85. The molecule has 6 nitrogen and oxygen atoms in total. The molecule has 2 aromatic carbocycles. The zero-order valence-electron chi connectivity index (χ0n) is 12.7. The minimum absolute atomic E-state index is 0.0156. The number of rotatable bonds is 9. The molecule has 2 rings (SSSR count). The Morgan fingerprint density at radius 2 is 1.29 bits per heavy atom. The van der Waals surface area contributed by atoms with Crippen LogP contribution < -0.4 is 0 Å². The molecule has 8 heteroatoms. The van der Waals surface area contributed by atoms with Gasteiger partial charge in [0.1, 0.15) is 0 Å². The van der Waals surface area contributed by atoms with Crippen LogP contribution in [-0.2, 0) is 36.1 Å². The van der Waals surface area contributed by atoms with Crippen molar-refractivity contribution in [2.75, 3.05) is 6.79 Å². The third kappa shape index (κ3) is 6.83. The lowest BCUT2D eigenvalue weighted by Crippen LogP contribution is -2.05. The van der Waals surface area contributed by atoms with Crippen molar-refractivity contribution in [2.24, 2.45) is 0 Å². The van der Waals surface area contributed by atoms with Crippen molar-refractivity contribution in [3.05, 3.63) is 71.8 Å². The number of ether oxygens (including phenoxy) is 1. The van der Waals surface area contributed by atoms with Gasteiger partial charge in [0.2, 0.25) is 6.79 Å². The summed E-state index contributed by atoms with van der Waals surface area (Å²) in [7, 11) is -3.94. The summed E-state index contributed by atoms with van der Waals surface area (Å²) in [6, 6.07) is 18.2. The highest BCUT2D eigenvalue weighted by molar-refractivity contribution is 7.48. The molecular formula is C16H16ClO6P. The molecule has 0 radical (unpaired) electrons. The first-order valence-electron chi connectivity index (χ1n) is 7.01. The Hall–Kier alpha value is -1.69. The largest absolute Gasteiger partial charge is 0.478 e. The van der Waals surface area contributed by atoms with Crippen LogP contribution >= 0.6 is 19.4 Å². The molecule has 2 aromatic rings. The van der Waals surface area contributed by atoms with Gasteiger partial charge in [0.15, 0.2) is 0 Å². The van der Waals surface area contributed by atoms with Crippen LogP contribution in [0.2, 0.25) is 0 Å². The highest BCUT2D eigenvalue weighted by Crippen LogP contribution is 2.50. The lowest BCUT2D eigenvalue weighted by Gasteiger charge is -2.17. The molecule has 24 heavy (non-hydrogen) atoms. The average molecular weight is 371 g/mol. The summed E-state index contributed by atoms with van der Waals surface area (Å²) >= 11 is 5.04. The number of phosphoric acid groups is 1. The molecule has 0 spiro atoms. The summed E-state index contributed by atoms with van der Waals surface area (Å²) < 4.78 is 32.6. The van der Waals surface area contributed by atoms with Crippen LogP contribution in [0.25, 0.3) is 0 Å². The van der Waals surface area contributed by atoms with Crippen molar-refractivity contribution in [1.82, 2.24) is 0 Å². The molecule has 0 bridgehead atoms. The lowest BCUT2D eigenvalue weighted by atomic mass is 10.2. The van der Waals surface area contributed by atoms with Gasteiger partial charge in [0, 0.05) is 11.6 Å². The van der Waals surface area contributed by atoms with Gasteiger partial charge in [-0.2, -0.15) is 0 Å². The van der Waals surface area contributed by atoms with E-state index in [4.69, 9.17) is 25.2 Å². The van der Waals surface area contributed by atoms with Gasteiger partial charge in [0.25, 0.3) is 0 Å². The number of benzene rings is 2. The summed E-state index contributed by atoms with van der Waals surface area (Å²) in [6.07, 6.45) is 0. The molecule has 0 saturated carbocycles. The summed E-state index contributed by atoms with van der Waals surface area (Å²) in [4.78, 5) is 10.6. The first-order chi connectivity index (χ1) is 11.6. The molecule has 128 valence electrons. The number of carbonyl (C=O) groups is 1. The van der Waals surface area contributed by atoms with Crippen LogP contribution in [0.1, 0.15) is 11.1 Å². The lowest BCUT2D eigenvalue weighted by molar-refractivity contribution is 0.0262. The fraction of sp³-hybridized carbons (Fsp3) is 0.188. The Balaban J connectivity index is 1.96. The van der Waals surface area contributed by atoms with E-state index in [1.807, 2.05) is 36.4 Å². The number of phosphoric ester groups is 1. The molecule has 0 atom stereocenters. The quantitative estimate of drug-likeness (QED) is 0.356. The molecule has 0 saturated heterocycles. The Morgan fingerprint density at radius 1 is 0.833 bits per heavy atom. The molecule has 0 unspecified atom stereocenters. The number of hydrogen-bond donors (Lipinski definition) is 0. The van der Waals surface area contributed by atoms with Crippen molar-refractivity contribution in [1.29, 1.82) is 0 Å². The number of hydrogen-bond acceptors (Lipinski definition) is 6. The van der Waals surface area contributed by atoms with E-state index in [9.17, 15) is 9.36 Å². The van der Waals surface area contributed by atoms with Crippen molar-refractivity contribution < 1.29 is 27.7 Å². The summed E-state index contributed by atoms with van der Waals surface area (Å²) in [5.41, 5.74) is 0.505. The molecule has 0 aliphatic heterocycles. The standard InChI is InChI=1S/C16H16ClO6P/c17-16(18)20-13-23-24(19,21-11-14-7-3-1-4-8-14)22-12-15-9-5-2-6-10-15/h1-10H,11-13H2. The van der Waals surface area contributed by atoms with E-state index in [-0.39, 0.29) is 13.2 Å². The SMILES string of the molecule is O=C(Cl)OCOP(=O)(OCc1ccccc1)OCc1ccccc1. The highest BCUT2D eigenvalue weighted by Gasteiger charge is 2.27. The fourth-order valence-corrected chi connectivity index (χ4v) is 2.77. The van der Waals surface area contributed by atoms with E-state index >= 15 is 0 Å². The summed E-state index contributed by atoms with van der Waals surface area (Å²) in [6.45, 7) is -0.605. The van der Waals surface area contributed by atoms with E-state index in [0.29, 0.717) is 0 Å². The highest BCUT2D eigenvalue weighted by atomic mass is 35.5. The Kier molecular flexibility index (Phi) is 7.43.